The minimum atomic E-state index is -1.48. The lowest BCUT2D eigenvalue weighted by atomic mass is 10.00. The normalized spacial score (nSPS) is 11.9. The molecule has 4 nitrogen and oxygen atoms in total. The third-order valence-electron chi connectivity index (χ3n) is 2.04. The molecule has 0 aromatic heterocycles. The monoisotopic (exact) mass is 229 g/mol. The van der Waals surface area contributed by atoms with Crippen LogP contribution < -0.4 is 5.32 Å². The van der Waals surface area contributed by atoms with E-state index in [9.17, 15) is 14.0 Å². The molecule has 0 aromatic rings. The predicted molar refractivity (Wildman–Crippen MR) is 58.7 cm³/mol. The number of hydrogen-bond donors (Lipinski definition) is 2. The Labute approximate surface area is 93.8 Å². The summed E-state index contributed by atoms with van der Waals surface area (Å²) in [5, 5.41) is 10.7. The maximum atomic E-state index is 12.3. The van der Waals surface area contributed by atoms with Gasteiger partial charge in [-0.05, 0) is 12.8 Å². The summed E-state index contributed by atoms with van der Waals surface area (Å²) in [6, 6.07) is -1.48. The average Bonchev–Trinajstić information content (AvgIpc) is 2.24. The molecule has 0 rings (SSSR count). The number of alkyl halides is 1. The molecule has 2 N–H and O–H groups in total. The molecule has 90 valence electrons. The van der Waals surface area contributed by atoms with Gasteiger partial charge in [-0.3, -0.25) is 4.79 Å². The smallest absolute Gasteiger partial charge is 0.328 e. The Morgan fingerprint density at radius 2 is 1.81 bits per heavy atom. The largest absolute Gasteiger partial charge is 0.480 e. The van der Waals surface area contributed by atoms with Gasteiger partial charge in [-0.1, -0.05) is 12.2 Å². The first-order valence-electron chi connectivity index (χ1n) is 4.87. The zero-order chi connectivity index (χ0) is 12.6. The van der Waals surface area contributed by atoms with Crippen molar-refractivity contribution in [2.75, 3.05) is 6.67 Å². The molecule has 1 amide bonds. The molecule has 0 heterocycles. The predicted octanol–water partition coefficient (Wildman–Crippen LogP) is 1.29. The van der Waals surface area contributed by atoms with Crippen molar-refractivity contribution in [1.29, 1.82) is 0 Å². The molecule has 1 unspecified atom stereocenters. The third kappa shape index (κ3) is 4.72. The first-order valence-corrected chi connectivity index (χ1v) is 4.87. The van der Waals surface area contributed by atoms with Crippen LogP contribution in [0.1, 0.15) is 12.8 Å². The topological polar surface area (TPSA) is 66.4 Å². The Morgan fingerprint density at radius 3 is 2.12 bits per heavy atom. The summed E-state index contributed by atoms with van der Waals surface area (Å²) in [7, 11) is 0. The molecule has 0 saturated heterocycles. The summed E-state index contributed by atoms with van der Waals surface area (Å²) in [4.78, 5) is 22.1. The van der Waals surface area contributed by atoms with Gasteiger partial charge in [-0.2, -0.15) is 0 Å². The highest BCUT2D eigenvalue weighted by molar-refractivity contribution is 5.85. The second-order valence-corrected chi connectivity index (χ2v) is 3.30. The zero-order valence-corrected chi connectivity index (χ0v) is 8.99. The van der Waals surface area contributed by atoms with Crippen LogP contribution >= 0.6 is 0 Å². The maximum Gasteiger partial charge on any atom is 0.328 e. The summed E-state index contributed by atoms with van der Waals surface area (Å²) in [5.74, 6) is -2.32. The molecule has 0 radical (unpaired) electrons. The van der Waals surface area contributed by atoms with Gasteiger partial charge in [-0.15, -0.1) is 13.2 Å². The summed E-state index contributed by atoms with van der Waals surface area (Å²) in [5.41, 5.74) is 0. The van der Waals surface area contributed by atoms with Gasteiger partial charge in [0.15, 0.2) is 6.04 Å². The molecule has 0 aliphatic carbocycles. The summed E-state index contributed by atoms with van der Waals surface area (Å²) in [6.45, 7) is 5.86. The van der Waals surface area contributed by atoms with E-state index in [1.807, 2.05) is 0 Å². The highest BCUT2D eigenvalue weighted by Crippen LogP contribution is 2.10. The van der Waals surface area contributed by atoms with Crippen LogP contribution in [0.15, 0.2) is 25.3 Å². The lowest BCUT2D eigenvalue weighted by molar-refractivity contribution is -0.142. The Hall–Kier alpha value is -1.65. The van der Waals surface area contributed by atoms with E-state index >= 15 is 0 Å². The minimum Gasteiger partial charge on any atom is -0.480 e. The third-order valence-corrected chi connectivity index (χ3v) is 2.04. The Balaban J connectivity index is 4.42. The van der Waals surface area contributed by atoms with Crippen LogP contribution in [0.2, 0.25) is 0 Å². The zero-order valence-electron chi connectivity index (χ0n) is 8.99. The number of rotatable bonds is 8. The highest BCUT2D eigenvalue weighted by atomic mass is 19.1. The molecule has 0 spiro atoms. The number of carbonyl (C=O) groups excluding carboxylic acids is 1. The van der Waals surface area contributed by atoms with Crippen LogP contribution in [-0.2, 0) is 9.59 Å². The van der Waals surface area contributed by atoms with Crippen molar-refractivity contribution in [3.05, 3.63) is 25.3 Å². The van der Waals surface area contributed by atoms with E-state index in [0.29, 0.717) is 12.8 Å². The van der Waals surface area contributed by atoms with Crippen molar-refractivity contribution >= 4 is 11.9 Å². The van der Waals surface area contributed by atoms with Crippen LogP contribution in [0, 0.1) is 5.92 Å². The molecule has 1 atom stereocenters. The molecule has 0 bridgehead atoms. The Kier molecular flexibility index (Phi) is 6.83. The second kappa shape index (κ2) is 7.62. The molecule has 16 heavy (non-hydrogen) atoms. The summed E-state index contributed by atoms with van der Waals surface area (Å²) >= 11 is 0. The van der Waals surface area contributed by atoms with Gasteiger partial charge in [-0.25, -0.2) is 9.18 Å². The SMILES string of the molecule is C=CCC(CC=C)C(=O)NC(CF)C(=O)O. The van der Waals surface area contributed by atoms with Gasteiger partial charge < -0.3 is 10.4 Å². The van der Waals surface area contributed by atoms with Crippen molar-refractivity contribution < 1.29 is 19.1 Å². The van der Waals surface area contributed by atoms with Gasteiger partial charge >= 0.3 is 5.97 Å². The number of halogens is 1. The molecule has 0 aliphatic rings. The first-order chi connectivity index (χ1) is 7.56. The number of carbonyl (C=O) groups is 2. The number of carboxylic acid groups (broad SMARTS) is 1. The van der Waals surface area contributed by atoms with Crippen LogP contribution in [0.5, 0.6) is 0 Å². The van der Waals surface area contributed by atoms with Crippen LogP contribution in [0.3, 0.4) is 0 Å². The van der Waals surface area contributed by atoms with Crippen molar-refractivity contribution in [1.82, 2.24) is 5.32 Å². The fourth-order valence-corrected chi connectivity index (χ4v) is 1.17. The van der Waals surface area contributed by atoms with Crippen molar-refractivity contribution in [2.24, 2.45) is 5.92 Å². The van der Waals surface area contributed by atoms with Crippen LogP contribution in [-0.4, -0.2) is 29.7 Å². The van der Waals surface area contributed by atoms with E-state index in [1.54, 1.807) is 12.2 Å². The average molecular weight is 229 g/mol. The molecular weight excluding hydrogens is 213 g/mol. The quantitative estimate of drug-likeness (QED) is 0.616. The molecule has 0 aliphatic heterocycles. The number of carboxylic acids is 1. The Morgan fingerprint density at radius 1 is 1.31 bits per heavy atom. The lowest BCUT2D eigenvalue weighted by Gasteiger charge is -2.16. The molecular formula is C11H16FNO3. The van der Waals surface area contributed by atoms with E-state index < -0.39 is 30.5 Å². The number of allylic oxidation sites excluding steroid dienone is 2. The van der Waals surface area contributed by atoms with Crippen LogP contribution in [0.4, 0.5) is 4.39 Å². The van der Waals surface area contributed by atoms with Gasteiger partial charge in [0.1, 0.15) is 6.67 Å². The summed E-state index contributed by atoms with van der Waals surface area (Å²) in [6.07, 6.45) is 3.91. The minimum absolute atomic E-state index is 0.399. The summed E-state index contributed by atoms with van der Waals surface area (Å²) < 4.78 is 12.3. The van der Waals surface area contributed by atoms with E-state index in [0.717, 1.165) is 0 Å². The van der Waals surface area contributed by atoms with Gasteiger partial charge in [0.2, 0.25) is 5.91 Å². The van der Waals surface area contributed by atoms with Gasteiger partial charge in [0.25, 0.3) is 0 Å². The van der Waals surface area contributed by atoms with Crippen molar-refractivity contribution in [2.45, 2.75) is 18.9 Å². The van der Waals surface area contributed by atoms with E-state index in [4.69, 9.17) is 5.11 Å². The molecule has 0 saturated carbocycles. The molecule has 0 aromatic carbocycles. The highest BCUT2D eigenvalue weighted by Gasteiger charge is 2.23. The molecule has 5 heteroatoms. The number of amides is 1. The maximum absolute atomic E-state index is 12.3. The lowest BCUT2D eigenvalue weighted by Crippen LogP contribution is -2.44. The number of aliphatic carboxylic acids is 1. The number of nitrogens with one attached hydrogen (secondary N) is 1. The Bertz CT molecular complexity index is 268. The standard InChI is InChI=1S/C11H16FNO3/c1-3-5-8(6-4-2)10(14)13-9(7-12)11(15)16/h3-4,8-9H,1-2,5-7H2,(H,13,14)(H,15,16). The molecule has 0 fully saturated rings. The fourth-order valence-electron chi connectivity index (χ4n) is 1.17. The van der Waals surface area contributed by atoms with E-state index in [1.165, 1.54) is 0 Å². The van der Waals surface area contributed by atoms with Crippen molar-refractivity contribution in [3.63, 3.8) is 0 Å². The van der Waals surface area contributed by atoms with Gasteiger partial charge in [0, 0.05) is 5.92 Å². The number of hydrogen-bond acceptors (Lipinski definition) is 2. The first kappa shape index (κ1) is 14.3. The van der Waals surface area contributed by atoms with E-state index in [-0.39, 0.29) is 0 Å². The van der Waals surface area contributed by atoms with Crippen LogP contribution in [0.25, 0.3) is 0 Å². The van der Waals surface area contributed by atoms with Crippen molar-refractivity contribution in [3.8, 4) is 0 Å². The second-order valence-electron chi connectivity index (χ2n) is 3.30. The fraction of sp³-hybridized carbons (Fsp3) is 0.455. The van der Waals surface area contributed by atoms with E-state index in [2.05, 4.69) is 18.5 Å². The van der Waals surface area contributed by atoms with Gasteiger partial charge in [0.05, 0.1) is 0 Å².